The van der Waals surface area contributed by atoms with Gasteiger partial charge in [0, 0.05) is 11.3 Å². The van der Waals surface area contributed by atoms with Gasteiger partial charge in [-0.3, -0.25) is 0 Å². The first-order valence-corrected chi connectivity index (χ1v) is 8.60. The van der Waals surface area contributed by atoms with Crippen molar-refractivity contribution in [3.8, 4) is 11.5 Å². The first kappa shape index (κ1) is 19.1. The molecule has 1 aromatic carbocycles. The van der Waals surface area contributed by atoms with Crippen LogP contribution in [0.5, 0.6) is 11.5 Å². The highest BCUT2D eigenvalue weighted by atomic mass is 32.1. The first-order valence-electron chi connectivity index (χ1n) is 8.19. The second kappa shape index (κ2) is 8.71. The van der Waals surface area contributed by atoms with Crippen molar-refractivity contribution >= 4 is 23.3 Å². The number of nitrogens with one attached hydrogen (secondary N) is 2. The lowest BCUT2D eigenvalue weighted by molar-refractivity contribution is -0.139. The van der Waals surface area contributed by atoms with Crippen molar-refractivity contribution in [3.63, 3.8) is 0 Å². The van der Waals surface area contributed by atoms with Crippen molar-refractivity contribution in [1.29, 1.82) is 0 Å². The molecule has 1 atom stereocenters. The fourth-order valence-corrected chi connectivity index (χ4v) is 2.92. The average Bonchev–Trinajstić information content (AvgIpc) is 2.60. The van der Waals surface area contributed by atoms with Gasteiger partial charge in [0.05, 0.1) is 32.4 Å². The largest absolute Gasteiger partial charge is 0.497 e. The third-order valence-corrected chi connectivity index (χ3v) is 4.19. The maximum Gasteiger partial charge on any atom is 0.338 e. The van der Waals surface area contributed by atoms with Gasteiger partial charge in [-0.2, -0.15) is 0 Å². The average molecular weight is 364 g/mol. The summed E-state index contributed by atoms with van der Waals surface area (Å²) < 4.78 is 16.2. The first-order chi connectivity index (χ1) is 12.0. The minimum absolute atomic E-state index is 0.372. The molecule has 0 aliphatic carbocycles. The molecule has 6 nitrogen and oxygen atoms in total. The molecule has 7 heteroatoms. The minimum Gasteiger partial charge on any atom is -0.497 e. The third kappa shape index (κ3) is 4.42. The van der Waals surface area contributed by atoms with E-state index in [0.29, 0.717) is 34.5 Å². The molecule has 0 fully saturated rings. The molecule has 1 aliphatic heterocycles. The second-order valence-corrected chi connectivity index (χ2v) is 6.08. The SMILES string of the molecule is CCCCOC(=O)C1=C(C)NC(=S)N[C@@H]1c1cc(OC)ccc1OC. The number of thiocarbonyl (C=S) groups is 1. The summed E-state index contributed by atoms with van der Waals surface area (Å²) in [6.45, 7) is 4.24. The van der Waals surface area contributed by atoms with Crippen LogP contribution in [0.15, 0.2) is 29.5 Å². The van der Waals surface area contributed by atoms with Gasteiger partial charge in [-0.25, -0.2) is 4.79 Å². The highest BCUT2D eigenvalue weighted by molar-refractivity contribution is 7.80. The predicted octanol–water partition coefficient (Wildman–Crippen LogP) is 2.84. The molecule has 1 aromatic rings. The van der Waals surface area contributed by atoms with Gasteiger partial charge in [0.15, 0.2) is 5.11 Å². The van der Waals surface area contributed by atoms with E-state index in [1.165, 1.54) is 0 Å². The summed E-state index contributed by atoms with van der Waals surface area (Å²) in [4.78, 5) is 12.7. The van der Waals surface area contributed by atoms with Crippen molar-refractivity contribution in [1.82, 2.24) is 10.6 Å². The summed E-state index contributed by atoms with van der Waals surface area (Å²) in [6.07, 6.45) is 1.78. The van der Waals surface area contributed by atoms with Crippen LogP contribution in [0.3, 0.4) is 0 Å². The van der Waals surface area contributed by atoms with Crippen molar-refractivity contribution < 1.29 is 19.0 Å². The van der Waals surface area contributed by atoms with Crippen LogP contribution in [0.25, 0.3) is 0 Å². The molecule has 25 heavy (non-hydrogen) atoms. The number of hydrogen-bond acceptors (Lipinski definition) is 5. The molecule has 2 rings (SSSR count). The molecule has 0 saturated heterocycles. The van der Waals surface area contributed by atoms with Crippen molar-refractivity contribution in [2.24, 2.45) is 0 Å². The summed E-state index contributed by atoms with van der Waals surface area (Å²) in [7, 11) is 3.17. The molecular weight excluding hydrogens is 340 g/mol. The number of esters is 1. The van der Waals surface area contributed by atoms with E-state index in [0.717, 1.165) is 18.4 Å². The number of carbonyl (C=O) groups excluding carboxylic acids is 1. The molecule has 0 amide bonds. The van der Waals surface area contributed by atoms with E-state index >= 15 is 0 Å². The highest BCUT2D eigenvalue weighted by Crippen LogP contribution is 2.35. The zero-order valence-electron chi connectivity index (χ0n) is 15.0. The third-order valence-electron chi connectivity index (χ3n) is 3.97. The number of unbranched alkanes of at least 4 members (excludes halogenated alkanes) is 1. The quantitative estimate of drug-likeness (QED) is 0.438. The number of rotatable bonds is 7. The Labute approximate surface area is 153 Å². The summed E-state index contributed by atoms with van der Waals surface area (Å²) in [5.41, 5.74) is 1.91. The highest BCUT2D eigenvalue weighted by Gasteiger charge is 2.33. The minimum atomic E-state index is -0.479. The number of ether oxygens (including phenoxy) is 3. The summed E-state index contributed by atoms with van der Waals surface area (Å²) in [6, 6.07) is 4.96. The molecule has 1 heterocycles. The van der Waals surface area contributed by atoms with Crippen LogP contribution in [0, 0.1) is 0 Å². The van der Waals surface area contributed by atoms with E-state index in [9.17, 15) is 4.79 Å². The number of allylic oxidation sites excluding steroid dienone is 1. The zero-order chi connectivity index (χ0) is 18.4. The van der Waals surface area contributed by atoms with Crippen LogP contribution in [0.4, 0.5) is 0 Å². The Hall–Kier alpha value is -2.28. The molecule has 2 N–H and O–H groups in total. The molecule has 0 bridgehead atoms. The van der Waals surface area contributed by atoms with E-state index in [1.807, 2.05) is 19.9 Å². The monoisotopic (exact) mass is 364 g/mol. The standard InChI is InChI=1S/C18H24N2O4S/c1-5-6-9-24-17(21)15-11(2)19-18(25)20-16(15)13-10-12(22-3)7-8-14(13)23-4/h7-8,10,16H,5-6,9H2,1-4H3,(H2,19,20,25)/t16-/m1/s1. The molecule has 0 unspecified atom stereocenters. The number of hydrogen-bond donors (Lipinski definition) is 2. The lowest BCUT2D eigenvalue weighted by atomic mass is 9.94. The Morgan fingerprint density at radius 3 is 2.68 bits per heavy atom. The van der Waals surface area contributed by atoms with Gasteiger partial charge in [-0.15, -0.1) is 0 Å². The molecule has 1 aliphatic rings. The predicted molar refractivity (Wildman–Crippen MR) is 99.7 cm³/mol. The van der Waals surface area contributed by atoms with Crippen LogP contribution in [-0.2, 0) is 9.53 Å². The number of carbonyl (C=O) groups is 1. The van der Waals surface area contributed by atoms with Gasteiger partial charge in [-0.1, -0.05) is 13.3 Å². The van der Waals surface area contributed by atoms with E-state index in [4.69, 9.17) is 26.4 Å². The number of benzene rings is 1. The summed E-state index contributed by atoms with van der Waals surface area (Å²) in [5.74, 6) is 0.927. The van der Waals surface area contributed by atoms with Gasteiger partial charge in [-0.05, 0) is 43.8 Å². The van der Waals surface area contributed by atoms with Crippen molar-refractivity contribution in [2.45, 2.75) is 32.7 Å². The molecule has 0 aromatic heterocycles. The summed E-state index contributed by atoms with van der Waals surface area (Å²) in [5, 5.41) is 6.57. The Morgan fingerprint density at radius 1 is 1.28 bits per heavy atom. The van der Waals surface area contributed by atoms with Crippen LogP contribution in [0.2, 0.25) is 0 Å². The Morgan fingerprint density at radius 2 is 2.04 bits per heavy atom. The van der Waals surface area contributed by atoms with Gasteiger partial charge in [0.1, 0.15) is 11.5 Å². The van der Waals surface area contributed by atoms with E-state index < -0.39 is 6.04 Å². The van der Waals surface area contributed by atoms with Crippen LogP contribution in [-0.4, -0.2) is 31.9 Å². The Kier molecular flexibility index (Phi) is 6.64. The zero-order valence-corrected chi connectivity index (χ0v) is 15.8. The van der Waals surface area contributed by atoms with E-state index in [1.54, 1.807) is 26.4 Å². The Balaban J connectivity index is 2.44. The normalized spacial score (nSPS) is 16.8. The number of methoxy groups -OCH3 is 2. The summed E-state index contributed by atoms with van der Waals surface area (Å²) >= 11 is 5.27. The van der Waals surface area contributed by atoms with Gasteiger partial charge < -0.3 is 24.8 Å². The molecule has 0 saturated carbocycles. The Bertz CT molecular complexity index is 688. The van der Waals surface area contributed by atoms with Gasteiger partial charge in [0.2, 0.25) is 0 Å². The van der Waals surface area contributed by atoms with Gasteiger partial charge in [0.25, 0.3) is 0 Å². The maximum atomic E-state index is 12.7. The van der Waals surface area contributed by atoms with Crippen molar-refractivity contribution in [3.05, 3.63) is 35.0 Å². The van der Waals surface area contributed by atoms with Crippen LogP contribution >= 0.6 is 12.2 Å². The van der Waals surface area contributed by atoms with Crippen LogP contribution in [0.1, 0.15) is 38.3 Å². The smallest absolute Gasteiger partial charge is 0.338 e. The molecule has 0 radical (unpaired) electrons. The van der Waals surface area contributed by atoms with Crippen LogP contribution < -0.4 is 20.1 Å². The molecule has 136 valence electrons. The van der Waals surface area contributed by atoms with Gasteiger partial charge >= 0.3 is 5.97 Å². The van der Waals surface area contributed by atoms with E-state index in [2.05, 4.69) is 10.6 Å². The fraction of sp³-hybridized carbons (Fsp3) is 0.444. The molecule has 0 spiro atoms. The maximum absolute atomic E-state index is 12.7. The second-order valence-electron chi connectivity index (χ2n) is 5.67. The topological polar surface area (TPSA) is 68.8 Å². The van der Waals surface area contributed by atoms with E-state index in [-0.39, 0.29) is 5.97 Å². The lowest BCUT2D eigenvalue weighted by Gasteiger charge is -2.30. The fourth-order valence-electron chi connectivity index (χ4n) is 2.65. The lowest BCUT2D eigenvalue weighted by Crippen LogP contribution is -2.45. The van der Waals surface area contributed by atoms with Crippen molar-refractivity contribution in [2.75, 3.05) is 20.8 Å². The molecular formula is C18H24N2O4S.